The number of hydrogen-bond acceptors (Lipinski definition) is 3. The lowest BCUT2D eigenvalue weighted by Crippen LogP contribution is -2.42. The summed E-state index contributed by atoms with van der Waals surface area (Å²) >= 11 is 0. The van der Waals surface area contributed by atoms with Crippen molar-refractivity contribution < 1.29 is 9.59 Å². The minimum atomic E-state index is -0.256. The van der Waals surface area contributed by atoms with Crippen molar-refractivity contribution in [3.05, 3.63) is 0 Å². The van der Waals surface area contributed by atoms with Crippen molar-refractivity contribution in [1.82, 2.24) is 4.90 Å². The van der Waals surface area contributed by atoms with Crippen LogP contribution in [0.1, 0.15) is 19.3 Å². The van der Waals surface area contributed by atoms with Gasteiger partial charge in [-0.15, -0.1) is 0 Å². The summed E-state index contributed by atoms with van der Waals surface area (Å²) in [6.45, 7) is 1.47. The molecule has 80 valence electrons. The predicted octanol–water partition coefficient (Wildman–Crippen LogP) is -0.941. The number of carbonyl (C=O) groups is 2. The highest BCUT2D eigenvalue weighted by atomic mass is 16.2. The Morgan fingerprint density at radius 3 is 2.29 bits per heavy atom. The second-order valence-electron chi connectivity index (χ2n) is 3.70. The van der Waals surface area contributed by atoms with Gasteiger partial charge in [0.25, 0.3) is 0 Å². The number of rotatable bonds is 3. The van der Waals surface area contributed by atoms with E-state index in [0.29, 0.717) is 25.4 Å². The lowest BCUT2D eigenvalue weighted by atomic mass is 9.93. The fourth-order valence-electron chi connectivity index (χ4n) is 1.80. The smallest absolute Gasteiger partial charge is 0.236 e. The molecule has 0 spiro atoms. The Bertz CT molecular complexity index is 222. The third-order valence-corrected chi connectivity index (χ3v) is 2.63. The van der Waals surface area contributed by atoms with Crippen molar-refractivity contribution in [3.63, 3.8) is 0 Å². The molecular formula is C9H17N3O2. The number of likely N-dealkylation sites (tertiary alicyclic amines) is 1. The van der Waals surface area contributed by atoms with Crippen LogP contribution in [0.15, 0.2) is 0 Å². The molecule has 0 aliphatic carbocycles. The molecule has 2 amide bonds. The van der Waals surface area contributed by atoms with E-state index in [9.17, 15) is 9.59 Å². The Hall–Kier alpha value is -1.10. The molecule has 1 saturated heterocycles. The summed E-state index contributed by atoms with van der Waals surface area (Å²) in [7, 11) is 0. The average Bonchev–Trinajstić information content (AvgIpc) is 2.17. The zero-order chi connectivity index (χ0) is 10.6. The minimum absolute atomic E-state index is 0.0116. The third-order valence-electron chi connectivity index (χ3n) is 2.63. The lowest BCUT2D eigenvalue weighted by molar-refractivity contribution is -0.131. The molecule has 0 radical (unpaired) electrons. The fourth-order valence-corrected chi connectivity index (χ4v) is 1.80. The van der Waals surface area contributed by atoms with Crippen molar-refractivity contribution in [1.29, 1.82) is 0 Å². The van der Waals surface area contributed by atoms with Gasteiger partial charge in [-0.3, -0.25) is 9.59 Å². The van der Waals surface area contributed by atoms with Gasteiger partial charge < -0.3 is 16.4 Å². The van der Waals surface area contributed by atoms with E-state index >= 15 is 0 Å². The van der Waals surface area contributed by atoms with E-state index < -0.39 is 0 Å². The molecule has 4 N–H and O–H groups in total. The zero-order valence-corrected chi connectivity index (χ0v) is 8.24. The maximum atomic E-state index is 11.2. The van der Waals surface area contributed by atoms with Crippen LogP contribution in [-0.2, 0) is 9.59 Å². The first-order valence-corrected chi connectivity index (χ1v) is 4.89. The quantitative estimate of drug-likeness (QED) is 0.614. The van der Waals surface area contributed by atoms with Gasteiger partial charge >= 0.3 is 0 Å². The zero-order valence-electron chi connectivity index (χ0n) is 8.24. The summed E-state index contributed by atoms with van der Waals surface area (Å²) in [6.07, 6.45) is 2.15. The van der Waals surface area contributed by atoms with Gasteiger partial charge in [-0.2, -0.15) is 0 Å². The minimum Gasteiger partial charge on any atom is -0.370 e. The topological polar surface area (TPSA) is 89.4 Å². The first kappa shape index (κ1) is 11.0. The van der Waals surface area contributed by atoms with Crippen LogP contribution in [0.5, 0.6) is 0 Å². The Balaban J connectivity index is 2.31. The van der Waals surface area contributed by atoms with Gasteiger partial charge in [-0.05, 0) is 18.8 Å². The molecular weight excluding hydrogens is 182 g/mol. The number of primary amides is 1. The van der Waals surface area contributed by atoms with Crippen LogP contribution < -0.4 is 11.5 Å². The first-order valence-electron chi connectivity index (χ1n) is 4.89. The van der Waals surface area contributed by atoms with E-state index in [-0.39, 0.29) is 18.4 Å². The van der Waals surface area contributed by atoms with E-state index in [0.717, 1.165) is 12.8 Å². The van der Waals surface area contributed by atoms with Crippen LogP contribution in [0.3, 0.4) is 0 Å². The molecule has 0 aromatic carbocycles. The number of nitrogens with two attached hydrogens (primary N) is 2. The molecule has 0 bridgehead atoms. The van der Waals surface area contributed by atoms with Gasteiger partial charge in [0.2, 0.25) is 11.8 Å². The highest BCUT2D eigenvalue weighted by Gasteiger charge is 2.22. The molecule has 0 aromatic heterocycles. The summed E-state index contributed by atoms with van der Waals surface area (Å²) in [6, 6.07) is 0. The van der Waals surface area contributed by atoms with Gasteiger partial charge in [0.15, 0.2) is 0 Å². The van der Waals surface area contributed by atoms with E-state index in [1.165, 1.54) is 0 Å². The Morgan fingerprint density at radius 1 is 1.29 bits per heavy atom. The van der Waals surface area contributed by atoms with Crippen LogP contribution in [-0.4, -0.2) is 36.3 Å². The number of nitrogens with zero attached hydrogens (tertiary/aromatic N) is 1. The number of carbonyl (C=O) groups excluding carboxylic acids is 2. The molecule has 14 heavy (non-hydrogen) atoms. The highest BCUT2D eigenvalue weighted by Crippen LogP contribution is 2.19. The third kappa shape index (κ3) is 2.99. The van der Waals surface area contributed by atoms with Crippen molar-refractivity contribution in [2.24, 2.45) is 17.4 Å². The normalized spacial score (nSPS) is 18.2. The molecule has 1 heterocycles. The lowest BCUT2D eigenvalue weighted by Gasteiger charge is -2.31. The van der Waals surface area contributed by atoms with E-state index in [2.05, 4.69) is 0 Å². The van der Waals surface area contributed by atoms with E-state index in [1.807, 2.05) is 0 Å². The van der Waals surface area contributed by atoms with Crippen LogP contribution >= 0.6 is 0 Å². The van der Waals surface area contributed by atoms with Crippen LogP contribution in [0, 0.1) is 5.92 Å². The summed E-state index contributed by atoms with van der Waals surface area (Å²) in [5, 5.41) is 0. The first-order chi connectivity index (χ1) is 6.63. The number of hydrogen-bond donors (Lipinski definition) is 2. The fraction of sp³-hybridized carbons (Fsp3) is 0.778. The van der Waals surface area contributed by atoms with Gasteiger partial charge in [-0.25, -0.2) is 0 Å². The molecule has 5 heteroatoms. The maximum Gasteiger partial charge on any atom is 0.236 e. The second kappa shape index (κ2) is 4.95. The largest absolute Gasteiger partial charge is 0.370 e. The molecule has 0 atom stereocenters. The molecule has 0 aromatic rings. The molecule has 1 rings (SSSR count). The highest BCUT2D eigenvalue weighted by molar-refractivity contribution is 5.78. The Labute approximate surface area is 83.4 Å². The van der Waals surface area contributed by atoms with Gasteiger partial charge in [0.1, 0.15) is 0 Å². The van der Waals surface area contributed by atoms with Gasteiger partial charge in [0, 0.05) is 19.5 Å². The van der Waals surface area contributed by atoms with Crippen LogP contribution in [0.25, 0.3) is 0 Å². The Morgan fingerprint density at radius 2 is 1.86 bits per heavy atom. The summed E-state index contributed by atoms with van der Waals surface area (Å²) in [4.78, 5) is 23.6. The molecule has 0 saturated carbocycles. The maximum absolute atomic E-state index is 11.2. The molecule has 1 aliphatic rings. The Kier molecular flexibility index (Phi) is 3.88. The number of amides is 2. The van der Waals surface area contributed by atoms with E-state index in [1.54, 1.807) is 4.90 Å². The van der Waals surface area contributed by atoms with Crippen molar-refractivity contribution in [2.45, 2.75) is 19.3 Å². The molecule has 1 aliphatic heterocycles. The van der Waals surface area contributed by atoms with E-state index in [4.69, 9.17) is 11.5 Å². The standard InChI is InChI=1S/C9H17N3O2/c10-6-9(14)12-3-1-7(2-4-12)5-8(11)13/h7H,1-6,10H2,(H2,11,13). The summed E-state index contributed by atoms with van der Waals surface area (Å²) in [5.41, 5.74) is 10.4. The van der Waals surface area contributed by atoms with Gasteiger partial charge in [-0.1, -0.05) is 0 Å². The number of piperidine rings is 1. The van der Waals surface area contributed by atoms with Gasteiger partial charge in [0.05, 0.1) is 6.54 Å². The molecule has 0 unspecified atom stereocenters. The van der Waals surface area contributed by atoms with Crippen molar-refractivity contribution in [2.75, 3.05) is 19.6 Å². The van der Waals surface area contributed by atoms with Crippen molar-refractivity contribution >= 4 is 11.8 Å². The molecule has 5 nitrogen and oxygen atoms in total. The van der Waals surface area contributed by atoms with Crippen molar-refractivity contribution in [3.8, 4) is 0 Å². The summed E-state index contributed by atoms with van der Waals surface area (Å²) in [5.74, 6) is 0.0745. The molecule has 1 fully saturated rings. The second-order valence-corrected chi connectivity index (χ2v) is 3.70. The van der Waals surface area contributed by atoms with Crippen LogP contribution in [0.4, 0.5) is 0 Å². The SMILES string of the molecule is NCC(=O)N1CCC(CC(N)=O)CC1. The predicted molar refractivity (Wildman–Crippen MR) is 52.2 cm³/mol. The summed E-state index contributed by atoms with van der Waals surface area (Å²) < 4.78 is 0. The monoisotopic (exact) mass is 199 g/mol. The van der Waals surface area contributed by atoms with Crippen LogP contribution in [0.2, 0.25) is 0 Å². The average molecular weight is 199 g/mol.